The average molecular weight is 272 g/mol. The SMILES string of the molecule is CCOC(=NC(=O)c1ccc(Cl)cc1)SCC. The van der Waals surface area contributed by atoms with E-state index >= 15 is 0 Å². The molecule has 0 spiro atoms. The zero-order valence-corrected chi connectivity index (χ0v) is 11.3. The smallest absolute Gasteiger partial charge is 0.280 e. The molecular weight excluding hydrogens is 258 g/mol. The highest BCUT2D eigenvalue weighted by Gasteiger charge is 2.07. The van der Waals surface area contributed by atoms with Crippen LogP contribution in [0.15, 0.2) is 29.3 Å². The molecular formula is C12H14ClNO2S. The van der Waals surface area contributed by atoms with E-state index in [1.54, 1.807) is 24.3 Å². The van der Waals surface area contributed by atoms with E-state index in [-0.39, 0.29) is 5.91 Å². The highest BCUT2D eigenvalue weighted by atomic mass is 35.5. The Morgan fingerprint density at radius 1 is 1.35 bits per heavy atom. The second-order valence-corrected chi connectivity index (χ2v) is 4.71. The summed E-state index contributed by atoms with van der Waals surface area (Å²) in [4.78, 5) is 15.7. The summed E-state index contributed by atoms with van der Waals surface area (Å²) in [7, 11) is 0. The van der Waals surface area contributed by atoms with Gasteiger partial charge in [-0.3, -0.25) is 4.79 Å². The molecule has 0 heterocycles. The molecule has 0 N–H and O–H groups in total. The first-order chi connectivity index (χ1) is 8.17. The standard InChI is InChI=1S/C12H14ClNO2S/c1-3-16-12(17-4-2)14-11(15)9-5-7-10(13)8-6-9/h5-8H,3-4H2,1-2H3. The Kier molecular flexibility index (Phi) is 6.08. The third kappa shape index (κ3) is 4.79. The van der Waals surface area contributed by atoms with Crippen molar-refractivity contribution in [3.8, 4) is 0 Å². The molecule has 0 saturated heterocycles. The van der Waals surface area contributed by atoms with Gasteiger partial charge in [-0.05, 0) is 36.9 Å². The van der Waals surface area contributed by atoms with Crippen molar-refractivity contribution in [3.05, 3.63) is 34.9 Å². The molecule has 0 unspecified atom stereocenters. The van der Waals surface area contributed by atoms with Gasteiger partial charge in [-0.25, -0.2) is 0 Å². The maximum Gasteiger partial charge on any atom is 0.280 e. The van der Waals surface area contributed by atoms with Crippen LogP contribution >= 0.6 is 23.4 Å². The lowest BCUT2D eigenvalue weighted by molar-refractivity contribution is 0.1000. The fourth-order valence-corrected chi connectivity index (χ4v) is 1.81. The van der Waals surface area contributed by atoms with Gasteiger partial charge in [0.2, 0.25) is 0 Å². The van der Waals surface area contributed by atoms with E-state index < -0.39 is 0 Å². The van der Waals surface area contributed by atoms with Crippen LogP contribution in [-0.4, -0.2) is 23.5 Å². The Hall–Kier alpha value is -1.000. The molecule has 5 heteroatoms. The fourth-order valence-electron chi connectivity index (χ4n) is 1.09. The van der Waals surface area contributed by atoms with E-state index in [2.05, 4.69) is 4.99 Å². The zero-order chi connectivity index (χ0) is 12.7. The molecule has 1 aromatic carbocycles. The van der Waals surface area contributed by atoms with Gasteiger partial charge < -0.3 is 4.74 Å². The highest BCUT2D eigenvalue weighted by molar-refractivity contribution is 8.13. The van der Waals surface area contributed by atoms with Gasteiger partial charge in [-0.15, -0.1) is 0 Å². The molecule has 0 atom stereocenters. The Labute approximate surface area is 110 Å². The van der Waals surface area contributed by atoms with Crippen LogP contribution in [0.1, 0.15) is 24.2 Å². The number of carbonyl (C=O) groups excluding carboxylic acids is 1. The first kappa shape index (κ1) is 14.1. The van der Waals surface area contributed by atoms with E-state index in [4.69, 9.17) is 16.3 Å². The summed E-state index contributed by atoms with van der Waals surface area (Å²) in [5, 5.41) is 1.01. The minimum atomic E-state index is -0.314. The Bertz CT molecular complexity index is 395. The van der Waals surface area contributed by atoms with Crippen molar-refractivity contribution >= 4 is 34.5 Å². The first-order valence-corrected chi connectivity index (χ1v) is 6.68. The number of rotatable bonds is 3. The molecule has 0 aromatic heterocycles. The Balaban J connectivity index is 2.80. The van der Waals surface area contributed by atoms with E-state index in [0.717, 1.165) is 5.75 Å². The van der Waals surface area contributed by atoms with Gasteiger partial charge >= 0.3 is 0 Å². The monoisotopic (exact) mass is 271 g/mol. The zero-order valence-electron chi connectivity index (χ0n) is 9.77. The predicted octanol–water partition coefficient (Wildman–Crippen LogP) is 3.63. The molecule has 0 aliphatic rings. The molecule has 3 nitrogen and oxygen atoms in total. The van der Waals surface area contributed by atoms with Crippen LogP contribution < -0.4 is 0 Å². The quantitative estimate of drug-likeness (QED) is 0.622. The third-order valence-electron chi connectivity index (χ3n) is 1.82. The lowest BCUT2D eigenvalue weighted by Crippen LogP contribution is -2.05. The Morgan fingerprint density at radius 3 is 2.53 bits per heavy atom. The maximum absolute atomic E-state index is 11.8. The summed E-state index contributed by atoms with van der Waals surface area (Å²) in [5.74, 6) is 0.498. The predicted molar refractivity (Wildman–Crippen MR) is 73.0 cm³/mol. The van der Waals surface area contributed by atoms with E-state index in [9.17, 15) is 4.79 Å². The van der Waals surface area contributed by atoms with E-state index in [0.29, 0.717) is 22.4 Å². The number of nitrogens with zero attached hydrogens (tertiary/aromatic N) is 1. The summed E-state index contributed by atoms with van der Waals surface area (Å²) in [5.41, 5.74) is 0.503. The summed E-state index contributed by atoms with van der Waals surface area (Å²) >= 11 is 7.15. The molecule has 0 aliphatic heterocycles. The number of hydrogen-bond acceptors (Lipinski definition) is 3. The van der Waals surface area contributed by atoms with Crippen LogP contribution in [0.2, 0.25) is 5.02 Å². The summed E-state index contributed by atoms with van der Waals surface area (Å²) in [6, 6.07) is 6.62. The molecule has 17 heavy (non-hydrogen) atoms. The van der Waals surface area contributed by atoms with Crippen molar-refractivity contribution in [2.24, 2.45) is 4.99 Å². The summed E-state index contributed by atoms with van der Waals surface area (Å²) < 4.78 is 5.26. The van der Waals surface area contributed by atoms with Gasteiger partial charge in [0.25, 0.3) is 11.1 Å². The van der Waals surface area contributed by atoms with Gasteiger partial charge in [0.1, 0.15) is 0 Å². The maximum atomic E-state index is 11.8. The highest BCUT2D eigenvalue weighted by Crippen LogP contribution is 2.12. The number of benzene rings is 1. The minimum Gasteiger partial charge on any atom is -0.473 e. The number of amides is 1. The van der Waals surface area contributed by atoms with Gasteiger partial charge in [-0.1, -0.05) is 30.3 Å². The van der Waals surface area contributed by atoms with Gasteiger partial charge in [0.05, 0.1) is 6.61 Å². The second kappa shape index (κ2) is 7.35. The molecule has 92 valence electrons. The fraction of sp³-hybridized carbons (Fsp3) is 0.333. The van der Waals surface area contributed by atoms with E-state index in [1.165, 1.54) is 11.8 Å². The summed E-state index contributed by atoms with van der Waals surface area (Å²) in [6.45, 7) is 4.34. The van der Waals surface area contributed by atoms with E-state index in [1.807, 2.05) is 13.8 Å². The van der Waals surface area contributed by atoms with Crippen molar-refractivity contribution in [1.82, 2.24) is 0 Å². The number of carbonyl (C=O) groups is 1. The lowest BCUT2D eigenvalue weighted by atomic mass is 10.2. The van der Waals surface area contributed by atoms with Crippen LogP contribution in [0.25, 0.3) is 0 Å². The van der Waals surface area contributed by atoms with Crippen LogP contribution in [0, 0.1) is 0 Å². The molecule has 0 fully saturated rings. The second-order valence-electron chi connectivity index (χ2n) is 3.06. The Morgan fingerprint density at radius 2 is 2.00 bits per heavy atom. The average Bonchev–Trinajstić information content (AvgIpc) is 2.30. The van der Waals surface area contributed by atoms with Crippen LogP contribution in [0.4, 0.5) is 0 Å². The molecule has 1 aromatic rings. The lowest BCUT2D eigenvalue weighted by Gasteiger charge is -2.04. The molecule has 0 saturated carbocycles. The van der Waals surface area contributed by atoms with Gasteiger partial charge in [0.15, 0.2) is 0 Å². The van der Waals surface area contributed by atoms with Crippen molar-refractivity contribution in [2.45, 2.75) is 13.8 Å². The van der Waals surface area contributed by atoms with Crippen LogP contribution in [-0.2, 0) is 4.74 Å². The number of ether oxygens (including phenoxy) is 1. The molecule has 1 amide bonds. The molecule has 0 radical (unpaired) electrons. The number of aliphatic imine (C=N–C) groups is 1. The molecule has 0 bridgehead atoms. The number of hydrogen-bond donors (Lipinski definition) is 0. The molecule has 0 aliphatic carbocycles. The number of halogens is 1. The minimum absolute atomic E-state index is 0.314. The van der Waals surface area contributed by atoms with Crippen LogP contribution in [0.3, 0.4) is 0 Å². The topological polar surface area (TPSA) is 38.7 Å². The summed E-state index contributed by atoms with van der Waals surface area (Å²) in [6.07, 6.45) is 0. The largest absolute Gasteiger partial charge is 0.473 e. The first-order valence-electron chi connectivity index (χ1n) is 5.31. The van der Waals surface area contributed by atoms with Crippen molar-refractivity contribution in [1.29, 1.82) is 0 Å². The van der Waals surface area contributed by atoms with Gasteiger partial charge in [0, 0.05) is 10.6 Å². The third-order valence-corrected chi connectivity index (χ3v) is 2.82. The van der Waals surface area contributed by atoms with Crippen molar-refractivity contribution in [3.63, 3.8) is 0 Å². The molecule has 1 rings (SSSR count). The van der Waals surface area contributed by atoms with Gasteiger partial charge in [-0.2, -0.15) is 4.99 Å². The van der Waals surface area contributed by atoms with Crippen molar-refractivity contribution < 1.29 is 9.53 Å². The van der Waals surface area contributed by atoms with Crippen LogP contribution in [0.5, 0.6) is 0 Å². The normalized spacial score (nSPS) is 11.4. The van der Waals surface area contributed by atoms with Crippen molar-refractivity contribution in [2.75, 3.05) is 12.4 Å². The number of thioether (sulfide) groups is 1.